The molecule has 18 heavy (non-hydrogen) atoms. The zero-order valence-electron chi connectivity index (χ0n) is 9.71. The second-order valence-electron chi connectivity index (χ2n) is 4.21. The summed E-state index contributed by atoms with van der Waals surface area (Å²) >= 11 is 0. The Bertz CT molecular complexity index is 436. The van der Waals surface area contributed by atoms with Crippen LogP contribution < -0.4 is 10.6 Å². The number of halogens is 2. The van der Waals surface area contributed by atoms with Crippen molar-refractivity contribution in [1.82, 2.24) is 0 Å². The quantitative estimate of drug-likeness (QED) is 0.662. The van der Waals surface area contributed by atoms with Gasteiger partial charge in [0.15, 0.2) is 0 Å². The van der Waals surface area contributed by atoms with Gasteiger partial charge >= 0.3 is 0 Å². The van der Waals surface area contributed by atoms with Crippen molar-refractivity contribution in [2.75, 3.05) is 18.0 Å². The molecule has 100 valence electrons. The molecule has 0 atom stereocenters. The Kier molecular flexibility index (Phi) is 4.86. The highest BCUT2D eigenvalue weighted by Gasteiger charge is 2.23. The van der Waals surface area contributed by atoms with E-state index >= 15 is 0 Å². The average Bonchev–Trinajstić information content (AvgIpc) is 2.30. The molecule has 0 amide bonds. The van der Waals surface area contributed by atoms with Gasteiger partial charge in [-0.25, -0.2) is 4.39 Å². The maximum Gasteiger partial charge on any atom is 0.295 e. The minimum atomic E-state index is -0.589. The van der Waals surface area contributed by atoms with Crippen molar-refractivity contribution in [3.05, 3.63) is 34.1 Å². The number of nitro groups is 1. The van der Waals surface area contributed by atoms with Crippen LogP contribution in [0.1, 0.15) is 12.8 Å². The van der Waals surface area contributed by atoms with Crippen molar-refractivity contribution >= 4 is 23.8 Å². The summed E-state index contributed by atoms with van der Waals surface area (Å²) in [4.78, 5) is 12.2. The summed E-state index contributed by atoms with van der Waals surface area (Å²) < 4.78 is 13.0. The van der Waals surface area contributed by atoms with Crippen LogP contribution in [0.25, 0.3) is 0 Å². The van der Waals surface area contributed by atoms with E-state index in [2.05, 4.69) is 0 Å². The number of benzene rings is 1. The summed E-state index contributed by atoms with van der Waals surface area (Å²) in [6.07, 6.45) is 1.60. The van der Waals surface area contributed by atoms with Gasteiger partial charge < -0.3 is 10.6 Å². The maximum absolute atomic E-state index is 13.0. The maximum atomic E-state index is 13.0. The molecule has 5 nitrogen and oxygen atoms in total. The third-order valence-corrected chi connectivity index (χ3v) is 3.01. The SMILES string of the molecule is Cl.NC1CCN(c2ccc(F)cc2[N+](=O)[O-])CC1. The van der Waals surface area contributed by atoms with E-state index in [4.69, 9.17) is 5.73 Å². The normalized spacial score (nSPS) is 16.2. The van der Waals surface area contributed by atoms with Crippen LogP contribution in [0.2, 0.25) is 0 Å². The van der Waals surface area contributed by atoms with Crippen LogP contribution in [-0.2, 0) is 0 Å². The molecule has 0 saturated carbocycles. The highest BCUT2D eigenvalue weighted by Crippen LogP contribution is 2.30. The number of nitrogens with zero attached hydrogens (tertiary/aromatic N) is 2. The van der Waals surface area contributed by atoms with Crippen LogP contribution in [0.3, 0.4) is 0 Å². The van der Waals surface area contributed by atoms with Crippen LogP contribution >= 0.6 is 12.4 Å². The number of hydrogen-bond acceptors (Lipinski definition) is 4. The van der Waals surface area contributed by atoms with Crippen LogP contribution in [0.5, 0.6) is 0 Å². The molecule has 0 aromatic heterocycles. The van der Waals surface area contributed by atoms with Crippen molar-refractivity contribution < 1.29 is 9.31 Å². The van der Waals surface area contributed by atoms with Crippen LogP contribution in [0.4, 0.5) is 15.8 Å². The van der Waals surface area contributed by atoms with Gasteiger partial charge in [-0.05, 0) is 25.0 Å². The van der Waals surface area contributed by atoms with E-state index < -0.39 is 10.7 Å². The molecule has 0 unspecified atom stereocenters. The fourth-order valence-electron chi connectivity index (χ4n) is 2.05. The first kappa shape index (κ1) is 14.7. The van der Waals surface area contributed by atoms with E-state index in [9.17, 15) is 14.5 Å². The Morgan fingerprint density at radius 3 is 2.56 bits per heavy atom. The van der Waals surface area contributed by atoms with Gasteiger partial charge in [0.25, 0.3) is 5.69 Å². The summed E-state index contributed by atoms with van der Waals surface area (Å²) in [5.74, 6) is -0.589. The van der Waals surface area contributed by atoms with Gasteiger partial charge in [0, 0.05) is 19.1 Å². The highest BCUT2D eigenvalue weighted by atomic mass is 35.5. The Balaban J connectivity index is 0.00000162. The molecule has 1 aliphatic rings. The van der Waals surface area contributed by atoms with Crippen LogP contribution in [-0.4, -0.2) is 24.1 Å². The van der Waals surface area contributed by atoms with Crippen molar-refractivity contribution in [3.8, 4) is 0 Å². The van der Waals surface area contributed by atoms with Crippen LogP contribution in [0.15, 0.2) is 18.2 Å². The van der Waals surface area contributed by atoms with E-state index in [1.54, 1.807) is 0 Å². The minimum absolute atomic E-state index is 0. The molecule has 7 heteroatoms. The van der Waals surface area contributed by atoms with Crippen molar-refractivity contribution in [2.24, 2.45) is 5.73 Å². The van der Waals surface area contributed by atoms with Gasteiger partial charge in [-0.15, -0.1) is 12.4 Å². The molecule has 1 aromatic rings. The second kappa shape index (κ2) is 5.97. The largest absolute Gasteiger partial charge is 0.366 e. The predicted octanol–water partition coefficient (Wildman–Crippen LogP) is 2.08. The van der Waals surface area contributed by atoms with Gasteiger partial charge in [-0.2, -0.15) is 0 Å². The number of nitro benzene ring substituents is 1. The molecule has 1 fully saturated rings. The fourth-order valence-corrected chi connectivity index (χ4v) is 2.05. The molecule has 1 aromatic carbocycles. The first-order valence-electron chi connectivity index (χ1n) is 5.52. The molecule has 0 radical (unpaired) electrons. The first-order valence-corrected chi connectivity index (χ1v) is 5.52. The molecule has 1 aliphatic heterocycles. The number of anilines is 1. The third-order valence-electron chi connectivity index (χ3n) is 3.01. The molecule has 2 rings (SSSR count). The fraction of sp³-hybridized carbons (Fsp3) is 0.455. The van der Waals surface area contributed by atoms with E-state index in [1.807, 2.05) is 4.90 Å². The minimum Gasteiger partial charge on any atom is -0.366 e. The van der Waals surface area contributed by atoms with Crippen molar-refractivity contribution in [3.63, 3.8) is 0 Å². The van der Waals surface area contributed by atoms with E-state index in [0.717, 1.165) is 18.9 Å². The Labute approximate surface area is 110 Å². The van der Waals surface area contributed by atoms with Gasteiger partial charge in [0.2, 0.25) is 0 Å². The second-order valence-corrected chi connectivity index (χ2v) is 4.21. The summed E-state index contributed by atoms with van der Waals surface area (Å²) in [7, 11) is 0. The number of rotatable bonds is 2. The van der Waals surface area contributed by atoms with Crippen molar-refractivity contribution in [2.45, 2.75) is 18.9 Å². The number of nitrogens with two attached hydrogens (primary N) is 1. The number of hydrogen-bond donors (Lipinski definition) is 1. The van der Waals surface area contributed by atoms with Gasteiger partial charge in [0.1, 0.15) is 11.5 Å². The third kappa shape index (κ3) is 3.08. The van der Waals surface area contributed by atoms with E-state index in [-0.39, 0.29) is 24.1 Å². The molecule has 1 saturated heterocycles. The Hall–Kier alpha value is -1.40. The predicted molar refractivity (Wildman–Crippen MR) is 69.7 cm³/mol. The smallest absolute Gasteiger partial charge is 0.295 e. The van der Waals surface area contributed by atoms with E-state index in [1.165, 1.54) is 12.1 Å². The molecular formula is C11H15ClFN3O2. The summed E-state index contributed by atoms with van der Waals surface area (Å²) in [5.41, 5.74) is 6.07. The van der Waals surface area contributed by atoms with Gasteiger partial charge in [-0.3, -0.25) is 10.1 Å². The highest BCUT2D eigenvalue weighted by molar-refractivity contribution is 5.85. The Morgan fingerprint density at radius 2 is 2.00 bits per heavy atom. The summed E-state index contributed by atoms with van der Waals surface area (Å²) in [6.45, 7) is 1.35. The molecule has 0 aliphatic carbocycles. The monoisotopic (exact) mass is 275 g/mol. The zero-order chi connectivity index (χ0) is 12.4. The van der Waals surface area contributed by atoms with Crippen LogP contribution in [0, 0.1) is 15.9 Å². The lowest BCUT2D eigenvalue weighted by atomic mass is 10.1. The number of piperidine rings is 1. The summed E-state index contributed by atoms with van der Waals surface area (Å²) in [5, 5.41) is 10.9. The molecule has 1 heterocycles. The van der Waals surface area contributed by atoms with E-state index in [0.29, 0.717) is 18.8 Å². The Morgan fingerprint density at radius 1 is 1.39 bits per heavy atom. The lowest BCUT2D eigenvalue weighted by Gasteiger charge is -2.31. The molecule has 0 bridgehead atoms. The molecular weight excluding hydrogens is 261 g/mol. The van der Waals surface area contributed by atoms with Gasteiger partial charge in [0.05, 0.1) is 11.0 Å². The van der Waals surface area contributed by atoms with Gasteiger partial charge in [-0.1, -0.05) is 0 Å². The molecule has 0 spiro atoms. The summed E-state index contributed by atoms with van der Waals surface area (Å²) in [6, 6.07) is 3.83. The molecule has 2 N–H and O–H groups in total. The lowest BCUT2D eigenvalue weighted by molar-refractivity contribution is -0.384. The standard InChI is InChI=1S/C11H14FN3O2.ClH/c12-8-1-2-10(11(7-8)15(16)17)14-5-3-9(13)4-6-14;/h1-2,7,9H,3-6,13H2;1H. The topological polar surface area (TPSA) is 72.4 Å². The average molecular weight is 276 g/mol. The lowest BCUT2D eigenvalue weighted by Crippen LogP contribution is -2.39. The zero-order valence-corrected chi connectivity index (χ0v) is 10.5. The van der Waals surface area contributed by atoms with Crippen molar-refractivity contribution in [1.29, 1.82) is 0 Å². The first-order chi connectivity index (χ1) is 8.08.